The first-order chi connectivity index (χ1) is 5.70. The van der Waals surface area contributed by atoms with Gasteiger partial charge in [-0.1, -0.05) is 13.8 Å². The van der Waals surface area contributed by atoms with E-state index >= 15 is 0 Å². The Hall–Kier alpha value is -0.703. The monoisotopic (exact) mass is 165 g/mol. The molecule has 0 aliphatic carbocycles. The molecule has 0 aliphatic rings. The molecule has 0 bridgehead atoms. The second kappa shape index (κ2) is 9.39. The molecule has 0 unspecified atom stereocenters. The van der Waals surface area contributed by atoms with Gasteiger partial charge in [-0.15, -0.1) is 0 Å². The SMILES string of the molecule is Cc1[c-]c(C)ccc1.[CH-]=CC=C.[Li+]. The van der Waals surface area contributed by atoms with Crippen molar-refractivity contribution >= 4 is 0 Å². The van der Waals surface area contributed by atoms with E-state index in [1.165, 1.54) is 23.3 Å². The van der Waals surface area contributed by atoms with Crippen molar-refractivity contribution in [1.29, 1.82) is 0 Å². The molecule has 0 nitrogen and oxygen atoms in total. The third kappa shape index (κ3) is 9.21. The molecule has 0 aliphatic heterocycles. The van der Waals surface area contributed by atoms with Crippen molar-refractivity contribution in [2.45, 2.75) is 13.8 Å². The van der Waals surface area contributed by atoms with Gasteiger partial charge in [0, 0.05) is 0 Å². The molecule has 0 atom stereocenters. The van der Waals surface area contributed by atoms with Gasteiger partial charge in [0.05, 0.1) is 0 Å². The molecule has 0 N–H and O–H groups in total. The first kappa shape index (κ1) is 14.8. The molecule has 0 fully saturated rings. The fourth-order valence-corrected chi connectivity index (χ4v) is 0.731. The number of rotatable bonds is 1. The summed E-state index contributed by atoms with van der Waals surface area (Å²) < 4.78 is 0. The zero-order valence-electron chi connectivity index (χ0n) is 8.67. The van der Waals surface area contributed by atoms with Crippen LogP contribution in [0.5, 0.6) is 0 Å². The molecule has 1 heteroatoms. The fraction of sp³-hybridized carbons (Fsp3) is 0.167. The van der Waals surface area contributed by atoms with Crippen LogP contribution in [-0.2, 0) is 0 Å². The number of hydrogen-bond donors (Lipinski definition) is 0. The van der Waals surface area contributed by atoms with Gasteiger partial charge < -0.3 is 0 Å². The average molecular weight is 165 g/mol. The zero-order valence-corrected chi connectivity index (χ0v) is 8.67. The first-order valence-electron chi connectivity index (χ1n) is 3.82. The van der Waals surface area contributed by atoms with Gasteiger partial charge in [0.15, 0.2) is 0 Å². The van der Waals surface area contributed by atoms with Crippen LogP contribution in [0, 0.1) is 26.5 Å². The predicted octanol–water partition coefficient (Wildman–Crippen LogP) is 0.269. The van der Waals surface area contributed by atoms with E-state index in [0.29, 0.717) is 0 Å². The molecule has 0 heterocycles. The minimum atomic E-state index is 0. The Morgan fingerprint density at radius 2 is 1.69 bits per heavy atom. The standard InChI is InChI=1S/C8H9.C4H5.Li/c1-7-4-3-5-8(2)6-7;1-3-4-2;/h3-5H,1-2H3;1,3-4H,2H2;/q2*-1;+1. The molecule has 1 rings (SSSR count). The summed E-state index contributed by atoms with van der Waals surface area (Å²) in [6.07, 6.45) is 2.92. The smallest absolute Gasteiger partial charge is 0.293 e. The quantitative estimate of drug-likeness (QED) is 0.318. The molecule has 1 aromatic rings. The van der Waals surface area contributed by atoms with Crippen molar-refractivity contribution in [1.82, 2.24) is 0 Å². The van der Waals surface area contributed by atoms with E-state index in [2.05, 4.69) is 12.6 Å². The number of hydrogen-bond acceptors (Lipinski definition) is 0. The minimum absolute atomic E-state index is 0. The Kier molecular flexibility index (Phi) is 10.7. The summed E-state index contributed by atoms with van der Waals surface area (Å²) in [4.78, 5) is 0. The van der Waals surface area contributed by atoms with Crippen LogP contribution in [-0.4, -0.2) is 0 Å². The second-order valence-corrected chi connectivity index (χ2v) is 2.44. The summed E-state index contributed by atoms with van der Waals surface area (Å²) in [5.41, 5.74) is 2.43. The zero-order chi connectivity index (χ0) is 9.40. The van der Waals surface area contributed by atoms with Crippen molar-refractivity contribution in [2.75, 3.05) is 0 Å². The summed E-state index contributed by atoms with van der Waals surface area (Å²) in [5.74, 6) is 0. The molecule has 0 aromatic heterocycles. The van der Waals surface area contributed by atoms with Crippen molar-refractivity contribution in [3.05, 3.63) is 60.7 Å². The maximum Gasteiger partial charge on any atom is 1.00 e. The summed E-state index contributed by atoms with van der Waals surface area (Å²) in [6, 6.07) is 9.31. The molecule has 0 saturated carbocycles. The van der Waals surface area contributed by atoms with E-state index in [1.807, 2.05) is 32.0 Å². The van der Waals surface area contributed by atoms with Crippen molar-refractivity contribution in [2.24, 2.45) is 0 Å². The molecule has 0 radical (unpaired) electrons. The molecule has 0 amide bonds. The van der Waals surface area contributed by atoms with Gasteiger partial charge in [0.25, 0.3) is 0 Å². The van der Waals surface area contributed by atoms with Gasteiger partial charge in [-0.25, -0.2) is 12.2 Å². The van der Waals surface area contributed by atoms with Gasteiger partial charge in [-0.3, -0.25) is 6.58 Å². The number of benzene rings is 1. The number of allylic oxidation sites excluding steroid dienone is 2. The van der Waals surface area contributed by atoms with E-state index in [9.17, 15) is 0 Å². The normalized spacial score (nSPS) is 7.23. The van der Waals surface area contributed by atoms with Crippen LogP contribution in [0.4, 0.5) is 0 Å². The minimum Gasteiger partial charge on any atom is -0.293 e. The average Bonchev–Trinajstić information content (AvgIpc) is 2.04. The van der Waals surface area contributed by atoms with Crippen LogP contribution < -0.4 is 18.9 Å². The second-order valence-electron chi connectivity index (χ2n) is 2.44. The molecule has 1 aromatic carbocycles. The van der Waals surface area contributed by atoms with Crippen LogP contribution in [0.25, 0.3) is 0 Å². The molecule has 13 heavy (non-hydrogen) atoms. The van der Waals surface area contributed by atoms with Gasteiger partial charge in [0.1, 0.15) is 0 Å². The largest absolute Gasteiger partial charge is 1.00 e. The van der Waals surface area contributed by atoms with Gasteiger partial charge in [0.2, 0.25) is 0 Å². The maximum absolute atomic E-state index is 4.78. The number of aryl methyl sites for hydroxylation is 2. The van der Waals surface area contributed by atoms with Crippen LogP contribution >= 0.6 is 0 Å². The molecular weight excluding hydrogens is 151 g/mol. The maximum atomic E-state index is 4.78. The van der Waals surface area contributed by atoms with Crippen LogP contribution in [0.3, 0.4) is 0 Å². The van der Waals surface area contributed by atoms with Gasteiger partial charge in [-0.05, 0) is 0 Å². The Morgan fingerprint density at radius 1 is 1.31 bits per heavy atom. The van der Waals surface area contributed by atoms with Gasteiger partial charge in [-0.2, -0.15) is 42.0 Å². The van der Waals surface area contributed by atoms with Crippen molar-refractivity contribution in [3.8, 4) is 0 Å². The van der Waals surface area contributed by atoms with Crippen LogP contribution in [0.2, 0.25) is 0 Å². The van der Waals surface area contributed by atoms with E-state index < -0.39 is 0 Å². The summed E-state index contributed by atoms with van der Waals surface area (Å²) in [5, 5.41) is 0. The van der Waals surface area contributed by atoms with E-state index in [4.69, 9.17) is 6.58 Å². The molecule has 64 valence electrons. The van der Waals surface area contributed by atoms with Gasteiger partial charge >= 0.3 is 18.9 Å². The van der Waals surface area contributed by atoms with E-state index in [-0.39, 0.29) is 18.9 Å². The molecule has 0 saturated heterocycles. The summed E-state index contributed by atoms with van der Waals surface area (Å²) in [6.45, 7) is 12.2. The Morgan fingerprint density at radius 3 is 1.85 bits per heavy atom. The summed E-state index contributed by atoms with van der Waals surface area (Å²) in [7, 11) is 0. The fourth-order valence-electron chi connectivity index (χ4n) is 0.731. The molecular formula is C12H14Li-. The predicted molar refractivity (Wildman–Crippen MR) is 53.8 cm³/mol. The Balaban J connectivity index is 0. The Bertz CT molecular complexity index is 228. The van der Waals surface area contributed by atoms with Crippen molar-refractivity contribution < 1.29 is 18.9 Å². The first-order valence-corrected chi connectivity index (χ1v) is 3.82. The topological polar surface area (TPSA) is 0 Å². The van der Waals surface area contributed by atoms with E-state index in [0.717, 1.165) is 0 Å². The Labute approximate surface area is 93.5 Å². The van der Waals surface area contributed by atoms with Crippen molar-refractivity contribution in [3.63, 3.8) is 0 Å². The third-order valence-electron chi connectivity index (χ3n) is 1.22. The summed E-state index contributed by atoms with van der Waals surface area (Å²) >= 11 is 0. The van der Waals surface area contributed by atoms with E-state index in [1.54, 1.807) is 0 Å². The van der Waals surface area contributed by atoms with Crippen LogP contribution in [0.15, 0.2) is 36.9 Å². The third-order valence-corrected chi connectivity index (χ3v) is 1.22. The van der Waals surface area contributed by atoms with Crippen LogP contribution in [0.1, 0.15) is 11.1 Å². The molecule has 0 spiro atoms.